The van der Waals surface area contributed by atoms with Gasteiger partial charge < -0.3 is 10.8 Å². The number of hydrogen-bond acceptors (Lipinski definition) is 6. The molecule has 0 radical (unpaired) electrons. The molecule has 8 heteroatoms. The van der Waals surface area contributed by atoms with E-state index in [1.807, 2.05) is 11.0 Å². The Morgan fingerprint density at radius 1 is 1.29 bits per heavy atom. The molecule has 1 heterocycles. The molecule has 0 aromatic heterocycles. The fourth-order valence-corrected chi connectivity index (χ4v) is 3.85. The molecule has 0 atom stereocenters. The van der Waals surface area contributed by atoms with E-state index in [9.17, 15) is 8.42 Å². The second-order valence-corrected chi connectivity index (χ2v) is 6.74. The van der Waals surface area contributed by atoms with E-state index in [0.717, 1.165) is 0 Å². The molecule has 7 nitrogen and oxygen atoms in total. The number of hydrogen-bond donors (Lipinski definition) is 2. The number of rotatable bonds is 4. The maximum absolute atomic E-state index is 12.6. The molecule has 1 aliphatic rings. The maximum atomic E-state index is 12.6. The minimum absolute atomic E-state index is 0.0390. The molecule has 1 aromatic carbocycles. The van der Waals surface area contributed by atoms with E-state index in [1.54, 1.807) is 0 Å². The number of aliphatic hydroxyl groups excluding tert-OH is 1. The van der Waals surface area contributed by atoms with Gasteiger partial charge >= 0.3 is 0 Å². The van der Waals surface area contributed by atoms with Crippen molar-refractivity contribution in [2.75, 3.05) is 45.1 Å². The predicted octanol–water partition coefficient (Wildman–Crippen LogP) is -0.561. The summed E-state index contributed by atoms with van der Waals surface area (Å²) in [6, 6.07) is 6.12. The molecule has 1 fully saturated rings. The van der Waals surface area contributed by atoms with Gasteiger partial charge in [-0.05, 0) is 18.2 Å². The zero-order chi connectivity index (χ0) is 15.5. The van der Waals surface area contributed by atoms with Gasteiger partial charge in [-0.25, -0.2) is 8.42 Å². The van der Waals surface area contributed by atoms with E-state index in [2.05, 4.69) is 0 Å². The summed E-state index contributed by atoms with van der Waals surface area (Å²) in [6.07, 6.45) is 0. The molecule has 0 amide bonds. The topological polar surface area (TPSA) is 111 Å². The third-order valence-corrected chi connectivity index (χ3v) is 5.48. The molecule has 1 aromatic rings. The first-order chi connectivity index (χ1) is 9.98. The second kappa shape index (κ2) is 6.41. The van der Waals surface area contributed by atoms with Crippen LogP contribution in [-0.2, 0) is 10.0 Å². The average Bonchev–Trinajstić information content (AvgIpc) is 2.47. The third-order valence-electron chi connectivity index (χ3n) is 3.50. The number of aliphatic hydroxyl groups is 1. The van der Waals surface area contributed by atoms with Gasteiger partial charge in [-0.1, -0.05) is 0 Å². The largest absolute Gasteiger partial charge is 0.398 e. The van der Waals surface area contributed by atoms with Crippen molar-refractivity contribution >= 4 is 15.7 Å². The first-order valence-corrected chi connectivity index (χ1v) is 8.06. The van der Waals surface area contributed by atoms with Crippen LogP contribution in [0.2, 0.25) is 0 Å². The van der Waals surface area contributed by atoms with E-state index < -0.39 is 10.0 Å². The monoisotopic (exact) mass is 310 g/mol. The maximum Gasteiger partial charge on any atom is 0.245 e. The van der Waals surface area contributed by atoms with Gasteiger partial charge in [0.05, 0.1) is 23.9 Å². The number of β-amino-alcohol motifs (C(OH)–C–C–N with tert-alkyl or cyclic N) is 1. The number of nitrogens with two attached hydrogens (primary N) is 1. The number of piperazine rings is 1. The van der Waals surface area contributed by atoms with Crippen molar-refractivity contribution in [2.45, 2.75) is 4.90 Å². The average molecular weight is 310 g/mol. The van der Waals surface area contributed by atoms with Crippen LogP contribution in [0.1, 0.15) is 5.56 Å². The van der Waals surface area contributed by atoms with E-state index in [-0.39, 0.29) is 17.2 Å². The molecule has 0 saturated carbocycles. The van der Waals surface area contributed by atoms with E-state index in [0.29, 0.717) is 38.3 Å². The van der Waals surface area contributed by atoms with Gasteiger partial charge in [0.2, 0.25) is 10.0 Å². The third kappa shape index (κ3) is 3.33. The van der Waals surface area contributed by atoms with Crippen LogP contribution in [0.25, 0.3) is 0 Å². The van der Waals surface area contributed by atoms with Crippen molar-refractivity contribution in [1.29, 1.82) is 5.26 Å². The van der Waals surface area contributed by atoms with Crippen LogP contribution in [0, 0.1) is 11.3 Å². The van der Waals surface area contributed by atoms with Gasteiger partial charge in [0.15, 0.2) is 0 Å². The zero-order valence-corrected chi connectivity index (χ0v) is 12.4. The number of nitrogen functional groups attached to an aromatic ring is 1. The lowest BCUT2D eigenvalue weighted by Gasteiger charge is -2.33. The van der Waals surface area contributed by atoms with Crippen LogP contribution in [0.15, 0.2) is 23.1 Å². The first kappa shape index (κ1) is 15.7. The summed E-state index contributed by atoms with van der Waals surface area (Å²) in [5.74, 6) is 0. The minimum Gasteiger partial charge on any atom is -0.398 e. The summed E-state index contributed by atoms with van der Waals surface area (Å²) in [5.41, 5.74) is 6.19. The molecule has 0 bridgehead atoms. The molecule has 0 unspecified atom stereocenters. The Balaban J connectivity index is 2.18. The van der Waals surface area contributed by atoms with Gasteiger partial charge in [-0.15, -0.1) is 0 Å². The Bertz CT molecular complexity index is 646. The van der Waals surface area contributed by atoms with Gasteiger partial charge in [-0.2, -0.15) is 9.57 Å². The highest BCUT2D eigenvalue weighted by atomic mass is 32.2. The molecule has 21 heavy (non-hydrogen) atoms. The quantitative estimate of drug-likeness (QED) is 0.721. The number of nitriles is 1. The Morgan fingerprint density at radius 2 is 1.95 bits per heavy atom. The Labute approximate surface area is 124 Å². The number of anilines is 1. The summed E-state index contributed by atoms with van der Waals surface area (Å²) in [7, 11) is -3.65. The van der Waals surface area contributed by atoms with Crippen molar-refractivity contribution < 1.29 is 13.5 Å². The number of nitrogens with zero attached hydrogens (tertiary/aromatic N) is 3. The van der Waals surface area contributed by atoms with E-state index >= 15 is 0 Å². The van der Waals surface area contributed by atoms with Crippen LogP contribution in [0.4, 0.5) is 5.69 Å². The summed E-state index contributed by atoms with van der Waals surface area (Å²) in [6.45, 7) is 2.50. The lowest BCUT2D eigenvalue weighted by molar-refractivity contribution is 0.151. The lowest BCUT2D eigenvalue weighted by Crippen LogP contribution is -2.49. The van der Waals surface area contributed by atoms with Crippen molar-refractivity contribution in [1.82, 2.24) is 9.21 Å². The molecule has 1 aliphatic heterocycles. The highest BCUT2D eigenvalue weighted by Crippen LogP contribution is 2.24. The Hall–Kier alpha value is -1.66. The second-order valence-electron chi connectivity index (χ2n) is 4.83. The van der Waals surface area contributed by atoms with Gasteiger partial charge in [0, 0.05) is 32.7 Å². The SMILES string of the molecule is N#Cc1ccc(S(=O)(=O)N2CCN(CCO)CC2)c(N)c1. The number of benzene rings is 1. The van der Waals surface area contributed by atoms with E-state index in [4.69, 9.17) is 16.1 Å². The minimum atomic E-state index is -3.65. The number of sulfonamides is 1. The molecule has 114 valence electrons. The van der Waals surface area contributed by atoms with Crippen LogP contribution in [-0.4, -0.2) is 62.1 Å². The van der Waals surface area contributed by atoms with Crippen molar-refractivity contribution in [3.05, 3.63) is 23.8 Å². The Morgan fingerprint density at radius 3 is 2.48 bits per heavy atom. The smallest absolute Gasteiger partial charge is 0.245 e. The summed E-state index contributed by atoms with van der Waals surface area (Å²) < 4.78 is 26.5. The highest BCUT2D eigenvalue weighted by Gasteiger charge is 2.29. The van der Waals surface area contributed by atoms with Gasteiger partial charge in [0.25, 0.3) is 0 Å². The van der Waals surface area contributed by atoms with Crippen LogP contribution < -0.4 is 5.73 Å². The molecular weight excluding hydrogens is 292 g/mol. The summed E-state index contributed by atoms with van der Waals surface area (Å²) >= 11 is 0. The van der Waals surface area contributed by atoms with Crippen molar-refractivity contribution in [3.8, 4) is 6.07 Å². The predicted molar refractivity (Wildman–Crippen MR) is 77.9 cm³/mol. The molecule has 0 spiro atoms. The summed E-state index contributed by atoms with van der Waals surface area (Å²) in [5, 5.41) is 17.7. The standard InChI is InChI=1S/C13H18N4O3S/c14-10-11-1-2-13(12(15)9-11)21(19,20)17-5-3-16(4-6-17)7-8-18/h1-2,9,18H,3-8,15H2. The molecule has 2 rings (SSSR count). The normalized spacial score (nSPS) is 17.5. The lowest BCUT2D eigenvalue weighted by atomic mass is 10.2. The highest BCUT2D eigenvalue weighted by molar-refractivity contribution is 7.89. The molecular formula is C13H18N4O3S. The van der Waals surface area contributed by atoms with Crippen LogP contribution >= 0.6 is 0 Å². The molecule has 0 aliphatic carbocycles. The van der Waals surface area contributed by atoms with Crippen LogP contribution in [0.3, 0.4) is 0 Å². The van der Waals surface area contributed by atoms with Gasteiger partial charge in [0.1, 0.15) is 4.90 Å². The van der Waals surface area contributed by atoms with Crippen molar-refractivity contribution in [3.63, 3.8) is 0 Å². The molecule has 1 saturated heterocycles. The summed E-state index contributed by atoms with van der Waals surface area (Å²) in [4.78, 5) is 2.05. The van der Waals surface area contributed by atoms with Crippen molar-refractivity contribution in [2.24, 2.45) is 0 Å². The molecule has 3 N–H and O–H groups in total. The van der Waals surface area contributed by atoms with Gasteiger partial charge in [-0.3, -0.25) is 4.90 Å². The van der Waals surface area contributed by atoms with Crippen LogP contribution in [0.5, 0.6) is 0 Å². The fraction of sp³-hybridized carbons (Fsp3) is 0.462. The fourth-order valence-electron chi connectivity index (χ4n) is 2.33. The van der Waals surface area contributed by atoms with E-state index in [1.165, 1.54) is 22.5 Å². The zero-order valence-electron chi connectivity index (χ0n) is 11.6. The first-order valence-electron chi connectivity index (χ1n) is 6.62. The Kier molecular flexibility index (Phi) is 4.80.